The SMILES string of the molecule is CCNc1ccc(C)cc1C(=O)NC(C)(C)CC. The first-order valence-electron chi connectivity index (χ1n) is 6.56. The molecule has 3 nitrogen and oxygen atoms in total. The summed E-state index contributed by atoms with van der Waals surface area (Å²) in [6, 6.07) is 5.91. The summed E-state index contributed by atoms with van der Waals surface area (Å²) in [6.45, 7) is 11.0. The van der Waals surface area contributed by atoms with Gasteiger partial charge in [-0.2, -0.15) is 0 Å². The molecule has 0 aliphatic heterocycles. The van der Waals surface area contributed by atoms with E-state index in [1.165, 1.54) is 0 Å². The van der Waals surface area contributed by atoms with Crippen LogP contribution in [0.1, 0.15) is 50.0 Å². The van der Waals surface area contributed by atoms with E-state index in [1.54, 1.807) is 0 Å². The molecule has 0 spiro atoms. The van der Waals surface area contributed by atoms with Gasteiger partial charge in [0.25, 0.3) is 5.91 Å². The van der Waals surface area contributed by atoms with Crippen molar-refractivity contribution in [2.24, 2.45) is 0 Å². The van der Waals surface area contributed by atoms with Crippen LogP contribution in [0.25, 0.3) is 0 Å². The number of rotatable bonds is 5. The Bertz CT molecular complexity index is 425. The maximum absolute atomic E-state index is 12.3. The monoisotopic (exact) mass is 248 g/mol. The van der Waals surface area contributed by atoms with Crippen LogP contribution in [0.15, 0.2) is 18.2 Å². The molecule has 0 unspecified atom stereocenters. The van der Waals surface area contributed by atoms with E-state index in [4.69, 9.17) is 0 Å². The molecule has 1 aromatic carbocycles. The zero-order chi connectivity index (χ0) is 13.8. The number of aryl methyl sites for hydroxylation is 1. The molecule has 0 radical (unpaired) electrons. The summed E-state index contributed by atoms with van der Waals surface area (Å²) in [6.07, 6.45) is 0.904. The predicted molar refractivity (Wildman–Crippen MR) is 77.2 cm³/mol. The lowest BCUT2D eigenvalue weighted by molar-refractivity contribution is 0.0912. The first kappa shape index (κ1) is 14.6. The Balaban J connectivity index is 3.00. The minimum absolute atomic E-state index is 0.0125. The summed E-state index contributed by atoms with van der Waals surface area (Å²) in [7, 11) is 0. The van der Waals surface area contributed by atoms with Crippen LogP contribution < -0.4 is 10.6 Å². The molecule has 0 aliphatic rings. The number of amides is 1. The van der Waals surface area contributed by atoms with Crippen LogP contribution >= 0.6 is 0 Å². The Kier molecular flexibility index (Phi) is 4.76. The Labute approximate surface area is 110 Å². The van der Waals surface area contributed by atoms with Gasteiger partial charge in [-0.3, -0.25) is 4.79 Å². The quantitative estimate of drug-likeness (QED) is 0.839. The van der Waals surface area contributed by atoms with E-state index in [0.29, 0.717) is 0 Å². The highest BCUT2D eigenvalue weighted by atomic mass is 16.1. The zero-order valence-electron chi connectivity index (χ0n) is 12.1. The first-order valence-corrected chi connectivity index (χ1v) is 6.56. The second-order valence-electron chi connectivity index (χ2n) is 5.27. The smallest absolute Gasteiger partial charge is 0.253 e. The minimum atomic E-state index is -0.176. The third-order valence-electron chi connectivity index (χ3n) is 3.12. The molecule has 0 bridgehead atoms. The molecule has 1 rings (SSSR count). The largest absolute Gasteiger partial charge is 0.385 e. The molecular weight excluding hydrogens is 224 g/mol. The summed E-state index contributed by atoms with van der Waals surface area (Å²) in [4.78, 5) is 12.3. The lowest BCUT2D eigenvalue weighted by Gasteiger charge is -2.25. The lowest BCUT2D eigenvalue weighted by Crippen LogP contribution is -2.43. The molecule has 0 saturated heterocycles. The van der Waals surface area contributed by atoms with Crippen molar-refractivity contribution in [1.82, 2.24) is 5.32 Å². The second-order valence-corrected chi connectivity index (χ2v) is 5.27. The fourth-order valence-electron chi connectivity index (χ4n) is 1.65. The highest BCUT2D eigenvalue weighted by Crippen LogP contribution is 2.19. The second kappa shape index (κ2) is 5.89. The van der Waals surface area contributed by atoms with E-state index in [2.05, 4.69) is 17.6 Å². The van der Waals surface area contributed by atoms with Crippen LogP contribution in [-0.2, 0) is 0 Å². The Hall–Kier alpha value is -1.51. The molecule has 0 saturated carbocycles. The van der Waals surface area contributed by atoms with Crippen molar-refractivity contribution in [3.63, 3.8) is 0 Å². The standard InChI is InChI=1S/C15H24N2O/c1-6-15(4,5)17-14(18)12-10-11(3)8-9-13(12)16-7-2/h8-10,16H,6-7H2,1-5H3,(H,17,18). The topological polar surface area (TPSA) is 41.1 Å². The van der Waals surface area contributed by atoms with Gasteiger partial charge in [-0.05, 0) is 46.2 Å². The Morgan fingerprint density at radius 2 is 1.94 bits per heavy atom. The number of carbonyl (C=O) groups is 1. The van der Waals surface area contributed by atoms with Crippen molar-refractivity contribution in [3.8, 4) is 0 Å². The van der Waals surface area contributed by atoms with Gasteiger partial charge in [0, 0.05) is 17.8 Å². The predicted octanol–water partition coefficient (Wildman–Crippen LogP) is 3.35. The van der Waals surface area contributed by atoms with Crippen molar-refractivity contribution < 1.29 is 4.79 Å². The molecule has 100 valence electrons. The number of hydrogen-bond donors (Lipinski definition) is 2. The third kappa shape index (κ3) is 3.76. The first-order chi connectivity index (χ1) is 8.39. The van der Waals surface area contributed by atoms with Crippen molar-refractivity contribution in [1.29, 1.82) is 0 Å². The highest BCUT2D eigenvalue weighted by Gasteiger charge is 2.20. The molecular formula is C15H24N2O. The van der Waals surface area contributed by atoms with Crippen molar-refractivity contribution in [2.45, 2.75) is 46.6 Å². The number of carbonyl (C=O) groups excluding carboxylic acids is 1. The molecule has 2 N–H and O–H groups in total. The van der Waals surface area contributed by atoms with Crippen LogP contribution in [0.4, 0.5) is 5.69 Å². The van der Waals surface area contributed by atoms with Crippen LogP contribution in [0.5, 0.6) is 0 Å². The van der Waals surface area contributed by atoms with E-state index >= 15 is 0 Å². The van der Waals surface area contributed by atoms with Crippen LogP contribution in [0, 0.1) is 6.92 Å². The fourth-order valence-corrected chi connectivity index (χ4v) is 1.65. The maximum Gasteiger partial charge on any atom is 0.253 e. The number of benzene rings is 1. The molecule has 3 heteroatoms. The maximum atomic E-state index is 12.3. The van der Waals surface area contributed by atoms with E-state index in [9.17, 15) is 4.79 Å². The number of nitrogens with one attached hydrogen (secondary N) is 2. The molecule has 0 aromatic heterocycles. The van der Waals surface area contributed by atoms with E-state index in [-0.39, 0.29) is 11.4 Å². The van der Waals surface area contributed by atoms with Gasteiger partial charge in [-0.15, -0.1) is 0 Å². The minimum Gasteiger partial charge on any atom is -0.385 e. The van der Waals surface area contributed by atoms with Gasteiger partial charge in [0.05, 0.1) is 5.56 Å². The highest BCUT2D eigenvalue weighted by molar-refractivity contribution is 6.00. The molecule has 0 aliphatic carbocycles. The number of hydrogen-bond acceptors (Lipinski definition) is 2. The van der Waals surface area contributed by atoms with Gasteiger partial charge in [-0.1, -0.05) is 18.6 Å². The van der Waals surface area contributed by atoms with E-state index in [1.807, 2.05) is 45.9 Å². The van der Waals surface area contributed by atoms with Crippen molar-refractivity contribution in [3.05, 3.63) is 29.3 Å². The average Bonchev–Trinajstić information content (AvgIpc) is 2.31. The molecule has 0 atom stereocenters. The molecule has 1 amide bonds. The summed E-state index contributed by atoms with van der Waals surface area (Å²) >= 11 is 0. The summed E-state index contributed by atoms with van der Waals surface area (Å²) in [5.41, 5.74) is 2.53. The van der Waals surface area contributed by atoms with Crippen LogP contribution in [0.3, 0.4) is 0 Å². The molecule has 1 aromatic rings. The van der Waals surface area contributed by atoms with Gasteiger partial charge in [0.1, 0.15) is 0 Å². The van der Waals surface area contributed by atoms with Crippen LogP contribution in [-0.4, -0.2) is 18.0 Å². The van der Waals surface area contributed by atoms with E-state index in [0.717, 1.165) is 29.8 Å². The number of anilines is 1. The molecule has 18 heavy (non-hydrogen) atoms. The summed E-state index contributed by atoms with van der Waals surface area (Å²) in [5.74, 6) is -0.0125. The van der Waals surface area contributed by atoms with Gasteiger partial charge in [0.2, 0.25) is 0 Å². The van der Waals surface area contributed by atoms with Gasteiger partial charge < -0.3 is 10.6 Å². The summed E-state index contributed by atoms with van der Waals surface area (Å²) in [5, 5.41) is 6.30. The van der Waals surface area contributed by atoms with Gasteiger partial charge >= 0.3 is 0 Å². The van der Waals surface area contributed by atoms with E-state index < -0.39 is 0 Å². The third-order valence-corrected chi connectivity index (χ3v) is 3.12. The Morgan fingerprint density at radius 1 is 1.28 bits per heavy atom. The van der Waals surface area contributed by atoms with Crippen molar-refractivity contribution in [2.75, 3.05) is 11.9 Å². The lowest BCUT2D eigenvalue weighted by atomic mass is 10.0. The fraction of sp³-hybridized carbons (Fsp3) is 0.533. The van der Waals surface area contributed by atoms with Gasteiger partial charge in [0.15, 0.2) is 0 Å². The Morgan fingerprint density at radius 3 is 2.50 bits per heavy atom. The zero-order valence-corrected chi connectivity index (χ0v) is 12.1. The van der Waals surface area contributed by atoms with Crippen molar-refractivity contribution >= 4 is 11.6 Å². The average molecular weight is 248 g/mol. The van der Waals surface area contributed by atoms with Crippen LogP contribution in [0.2, 0.25) is 0 Å². The van der Waals surface area contributed by atoms with Gasteiger partial charge in [-0.25, -0.2) is 0 Å². The normalized spacial score (nSPS) is 11.2. The molecule has 0 fully saturated rings. The summed E-state index contributed by atoms with van der Waals surface area (Å²) < 4.78 is 0. The molecule has 0 heterocycles.